The number of benzene rings is 2. The Bertz CT molecular complexity index is 569. The molecule has 0 fully saturated rings. The minimum Gasteiger partial charge on any atom is -0.466 e. The standard InChI is InChI=1S/C12H10.C4H9O5P/c1-3-7-11(8-4-1)12-9-5-2-6-10-12;1-2-9-4(5)3-10(6,7)8/h1-10H;2-3H2,1H3,(H2,6,7,8). The highest BCUT2D eigenvalue weighted by Gasteiger charge is 2.19. The minimum atomic E-state index is -4.23. The third-order valence-corrected chi connectivity index (χ3v) is 3.19. The van der Waals surface area contributed by atoms with Crippen molar-refractivity contribution in [2.75, 3.05) is 12.8 Å². The van der Waals surface area contributed by atoms with Crippen LogP contribution in [0.1, 0.15) is 6.92 Å². The molecule has 0 bridgehead atoms. The number of hydrogen-bond acceptors (Lipinski definition) is 3. The largest absolute Gasteiger partial charge is 0.466 e. The van der Waals surface area contributed by atoms with Gasteiger partial charge in [-0.3, -0.25) is 9.36 Å². The predicted octanol–water partition coefficient (Wildman–Crippen LogP) is 3.08. The summed E-state index contributed by atoms with van der Waals surface area (Å²) in [6.45, 7) is 1.70. The maximum absolute atomic E-state index is 10.3. The Morgan fingerprint density at radius 2 is 1.36 bits per heavy atom. The zero-order valence-corrected chi connectivity index (χ0v) is 13.1. The molecule has 0 aliphatic heterocycles. The zero-order valence-electron chi connectivity index (χ0n) is 12.3. The van der Waals surface area contributed by atoms with Crippen LogP contribution < -0.4 is 0 Å². The van der Waals surface area contributed by atoms with Crippen molar-refractivity contribution in [1.82, 2.24) is 0 Å². The first-order valence-electron chi connectivity index (χ1n) is 6.73. The van der Waals surface area contributed by atoms with E-state index in [4.69, 9.17) is 9.79 Å². The average molecular weight is 322 g/mol. The van der Waals surface area contributed by atoms with Crippen molar-refractivity contribution < 1.29 is 23.9 Å². The van der Waals surface area contributed by atoms with Crippen LogP contribution in [0.2, 0.25) is 0 Å². The molecule has 0 aliphatic carbocycles. The molecule has 0 unspecified atom stereocenters. The van der Waals surface area contributed by atoms with Crippen LogP contribution >= 0.6 is 7.60 Å². The molecular weight excluding hydrogens is 303 g/mol. The Balaban J connectivity index is 0.000000225. The normalized spacial score (nSPS) is 10.3. The molecule has 0 radical (unpaired) electrons. The van der Waals surface area contributed by atoms with Gasteiger partial charge in [-0.1, -0.05) is 60.7 Å². The summed E-state index contributed by atoms with van der Waals surface area (Å²) in [5, 5.41) is 0. The van der Waals surface area contributed by atoms with Crippen molar-refractivity contribution in [3.8, 4) is 11.1 Å². The maximum atomic E-state index is 10.3. The SMILES string of the molecule is CCOC(=O)CP(=O)(O)O.c1ccc(-c2ccccc2)cc1. The van der Waals surface area contributed by atoms with E-state index in [0.717, 1.165) is 0 Å². The summed E-state index contributed by atoms with van der Waals surface area (Å²) < 4.78 is 14.4. The van der Waals surface area contributed by atoms with Gasteiger partial charge in [0.2, 0.25) is 0 Å². The summed E-state index contributed by atoms with van der Waals surface area (Å²) in [7, 11) is -4.23. The molecule has 0 aliphatic rings. The van der Waals surface area contributed by atoms with Crippen molar-refractivity contribution in [2.24, 2.45) is 0 Å². The highest BCUT2D eigenvalue weighted by Crippen LogP contribution is 2.33. The molecule has 6 heteroatoms. The molecule has 2 aromatic rings. The summed E-state index contributed by atoms with van der Waals surface area (Å²) in [5.74, 6) is -0.865. The zero-order chi connectivity index (χ0) is 16.4. The van der Waals surface area contributed by atoms with Gasteiger partial charge in [0.15, 0.2) is 0 Å². The third-order valence-electron chi connectivity index (χ3n) is 2.52. The fourth-order valence-corrected chi connectivity index (χ4v) is 2.06. The van der Waals surface area contributed by atoms with Crippen LogP contribution in [0.15, 0.2) is 60.7 Å². The van der Waals surface area contributed by atoms with E-state index in [0.29, 0.717) is 0 Å². The van der Waals surface area contributed by atoms with E-state index < -0.39 is 19.7 Å². The molecule has 0 atom stereocenters. The first-order valence-corrected chi connectivity index (χ1v) is 8.53. The Hall–Kier alpha value is -1.94. The lowest BCUT2D eigenvalue weighted by Crippen LogP contribution is -2.09. The summed E-state index contributed by atoms with van der Waals surface area (Å²) >= 11 is 0. The summed E-state index contributed by atoms with van der Waals surface area (Å²) in [6.07, 6.45) is -0.832. The number of carbonyl (C=O) groups is 1. The second-order valence-electron chi connectivity index (χ2n) is 4.36. The van der Waals surface area contributed by atoms with Crippen molar-refractivity contribution in [1.29, 1.82) is 0 Å². The van der Waals surface area contributed by atoms with Gasteiger partial charge < -0.3 is 14.5 Å². The Morgan fingerprint density at radius 1 is 0.955 bits per heavy atom. The van der Waals surface area contributed by atoms with Gasteiger partial charge in [0.05, 0.1) is 6.61 Å². The van der Waals surface area contributed by atoms with Crippen LogP contribution in [0, 0.1) is 0 Å². The highest BCUT2D eigenvalue weighted by molar-refractivity contribution is 7.52. The quantitative estimate of drug-likeness (QED) is 0.667. The van der Waals surface area contributed by atoms with E-state index in [2.05, 4.69) is 53.3 Å². The Morgan fingerprint density at radius 3 is 1.68 bits per heavy atom. The van der Waals surface area contributed by atoms with E-state index in [1.807, 2.05) is 12.1 Å². The number of rotatable bonds is 4. The molecule has 0 spiro atoms. The van der Waals surface area contributed by atoms with E-state index >= 15 is 0 Å². The second kappa shape index (κ2) is 9.15. The van der Waals surface area contributed by atoms with Gasteiger partial charge in [0.1, 0.15) is 6.16 Å². The van der Waals surface area contributed by atoms with Gasteiger partial charge in [-0.2, -0.15) is 0 Å². The molecule has 5 nitrogen and oxygen atoms in total. The first kappa shape index (κ1) is 18.1. The van der Waals surface area contributed by atoms with Crippen LogP contribution in [0.5, 0.6) is 0 Å². The van der Waals surface area contributed by atoms with Crippen LogP contribution in [-0.4, -0.2) is 28.5 Å². The van der Waals surface area contributed by atoms with Crippen LogP contribution in [0.25, 0.3) is 11.1 Å². The maximum Gasteiger partial charge on any atom is 0.336 e. The summed E-state index contributed by atoms with van der Waals surface area (Å²) in [6, 6.07) is 20.8. The van der Waals surface area contributed by atoms with Crippen molar-refractivity contribution in [3.05, 3.63) is 60.7 Å². The number of ether oxygens (including phenoxy) is 1. The van der Waals surface area contributed by atoms with E-state index in [1.54, 1.807) is 6.92 Å². The lowest BCUT2D eigenvalue weighted by Gasteiger charge is -2.01. The van der Waals surface area contributed by atoms with Gasteiger partial charge in [-0.15, -0.1) is 0 Å². The summed E-state index contributed by atoms with van der Waals surface area (Å²) in [4.78, 5) is 26.8. The minimum absolute atomic E-state index is 0.138. The monoisotopic (exact) mass is 322 g/mol. The smallest absolute Gasteiger partial charge is 0.336 e. The average Bonchev–Trinajstić information content (AvgIpc) is 2.48. The molecule has 22 heavy (non-hydrogen) atoms. The van der Waals surface area contributed by atoms with Gasteiger partial charge in [0.25, 0.3) is 0 Å². The fourth-order valence-electron chi connectivity index (χ4n) is 1.64. The predicted molar refractivity (Wildman–Crippen MR) is 85.4 cm³/mol. The van der Waals surface area contributed by atoms with E-state index in [-0.39, 0.29) is 6.61 Å². The molecule has 2 aromatic carbocycles. The van der Waals surface area contributed by atoms with Gasteiger partial charge >= 0.3 is 13.6 Å². The van der Waals surface area contributed by atoms with Gasteiger partial charge in [0, 0.05) is 0 Å². The number of esters is 1. The first-order chi connectivity index (χ1) is 10.4. The number of carbonyl (C=O) groups excluding carboxylic acids is 1. The van der Waals surface area contributed by atoms with Crippen LogP contribution in [0.4, 0.5) is 0 Å². The second-order valence-corrected chi connectivity index (χ2v) is 6.01. The van der Waals surface area contributed by atoms with Crippen molar-refractivity contribution in [2.45, 2.75) is 6.92 Å². The molecule has 0 heterocycles. The topological polar surface area (TPSA) is 83.8 Å². The molecule has 0 saturated carbocycles. The van der Waals surface area contributed by atoms with Gasteiger partial charge in [-0.05, 0) is 18.1 Å². The lowest BCUT2D eigenvalue weighted by atomic mass is 10.1. The Kier molecular flexibility index (Phi) is 7.54. The molecule has 118 valence electrons. The fraction of sp³-hybridized carbons (Fsp3) is 0.188. The Labute approximate surface area is 129 Å². The van der Waals surface area contributed by atoms with Crippen molar-refractivity contribution >= 4 is 13.6 Å². The molecule has 0 saturated heterocycles. The van der Waals surface area contributed by atoms with Crippen molar-refractivity contribution in [3.63, 3.8) is 0 Å². The highest BCUT2D eigenvalue weighted by atomic mass is 31.2. The lowest BCUT2D eigenvalue weighted by molar-refractivity contribution is -0.140. The van der Waals surface area contributed by atoms with Gasteiger partial charge in [-0.25, -0.2) is 0 Å². The molecular formula is C16H19O5P. The van der Waals surface area contributed by atoms with E-state index in [1.165, 1.54) is 11.1 Å². The van der Waals surface area contributed by atoms with Crippen LogP contribution in [-0.2, 0) is 14.1 Å². The van der Waals surface area contributed by atoms with Crippen LogP contribution in [0.3, 0.4) is 0 Å². The van der Waals surface area contributed by atoms with E-state index in [9.17, 15) is 9.36 Å². The molecule has 2 rings (SSSR count). The summed E-state index contributed by atoms with van der Waals surface area (Å²) in [5.41, 5.74) is 2.55. The molecule has 0 amide bonds. The number of hydrogen-bond donors (Lipinski definition) is 2. The third kappa shape index (κ3) is 7.74. The molecule has 2 N–H and O–H groups in total. The molecule has 0 aromatic heterocycles.